The average Bonchev–Trinajstić information content (AvgIpc) is 2.19. The van der Waals surface area contributed by atoms with Crippen LogP contribution in [0.15, 0.2) is 18.2 Å². The summed E-state index contributed by atoms with van der Waals surface area (Å²) in [5.41, 5.74) is 6.23. The molecule has 0 amide bonds. The summed E-state index contributed by atoms with van der Waals surface area (Å²) in [6.07, 6.45) is -0.132. The fourth-order valence-electron chi connectivity index (χ4n) is 1.25. The molecular formula is C10H14ClNO2. The Morgan fingerprint density at radius 3 is 2.71 bits per heavy atom. The second-order valence-electron chi connectivity index (χ2n) is 3.20. The Balaban J connectivity index is 2.99. The van der Waals surface area contributed by atoms with Gasteiger partial charge in [-0.15, -0.1) is 0 Å². The lowest BCUT2D eigenvalue weighted by Crippen LogP contribution is -2.25. The van der Waals surface area contributed by atoms with E-state index in [2.05, 4.69) is 0 Å². The first-order valence-electron chi connectivity index (χ1n) is 4.48. The Kier molecular flexibility index (Phi) is 3.75. The van der Waals surface area contributed by atoms with Crippen LogP contribution in [-0.4, -0.2) is 16.3 Å². The molecule has 1 aromatic rings. The minimum Gasteiger partial charge on any atom is -0.508 e. The highest BCUT2D eigenvalue weighted by Crippen LogP contribution is 2.28. The summed E-state index contributed by atoms with van der Waals surface area (Å²) < 4.78 is 0. The molecule has 4 N–H and O–H groups in total. The first kappa shape index (κ1) is 11.3. The van der Waals surface area contributed by atoms with Crippen LogP contribution in [0, 0.1) is 0 Å². The van der Waals surface area contributed by atoms with E-state index in [1.54, 1.807) is 12.1 Å². The molecule has 0 aliphatic heterocycles. The lowest BCUT2D eigenvalue weighted by molar-refractivity contribution is 0.139. The number of phenolic OH excluding ortho intramolecular Hbond substituents is 1. The molecule has 0 radical (unpaired) electrons. The topological polar surface area (TPSA) is 66.5 Å². The molecule has 0 heterocycles. The molecule has 3 nitrogen and oxygen atoms in total. The van der Waals surface area contributed by atoms with Gasteiger partial charge in [0.1, 0.15) is 5.75 Å². The second kappa shape index (κ2) is 4.64. The number of hydrogen-bond donors (Lipinski definition) is 3. The van der Waals surface area contributed by atoms with E-state index in [4.69, 9.17) is 17.3 Å². The van der Waals surface area contributed by atoms with Crippen molar-refractivity contribution >= 4 is 11.6 Å². The summed E-state index contributed by atoms with van der Waals surface area (Å²) in [6.45, 7) is 1.83. The third-order valence-electron chi connectivity index (χ3n) is 2.18. The van der Waals surface area contributed by atoms with E-state index in [9.17, 15) is 10.2 Å². The molecule has 0 unspecified atom stereocenters. The summed E-state index contributed by atoms with van der Waals surface area (Å²) >= 11 is 5.76. The van der Waals surface area contributed by atoms with Crippen LogP contribution < -0.4 is 5.73 Å². The predicted molar refractivity (Wildman–Crippen MR) is 56.3 cm³/mol. The zero-order valence-electron chi connectivity index (χ0n) is 7.94. The van der Waals surface area contributed by atoms with Crippen LogP contribution in [0.25, 0.3) is 0 Å². The Morgan fingerprint density at radius 1 is 1.50 bits per heavy atom. The van der Waals surface area contributed by atoms with Crippen molar-refractivity contribution in [2.45, 2.75) is 25.5 Å². The number of phenols is 1. The van der Waals surface area contributed by atoms with E-state index in [1.807, 2.05) is 6.92 Å². The van der Waals surface area contributed by atoms with Crippen LogP contribution in [0.4, 0.5) is 0 Å². The van der Waals surface area contributed by atoms with Crippen LogP contribution in [0.3, 0.4) is 0 Å². The minimum atomic E-state index is -0.667. The van der Waals surface area contributed by atoms with Crippen molar-refractivity contribution in [3.8, 4) is 5.75 Å². The van der Waals surface area contributed by atoms with E-state index in [0.29, 0.717) is 17.0 Å². The molecule has 0 aliphatic rings. The van der Waals surface area contributed by atoms with Crippen molar-refractivity contribution in [3.63, 3.8) is 0 Å². The van der Waals surface area contributed by atoms with Crippen LogP contribution >= 0.6 is 11.6 Å². The zero-order valence-corrected chi connectivity index (χ0v) is 8.70. The van der Waals surface area contributed by atoms with Gasteiger partial charge in [-0.05, 0) is 24.6 Å². The first-order chi connectivity index (χ1) is 6.56. The Labute approximate surface area is 88.1 Å². The predicted octanol–water partition coefficient (Wildman–Crippen LogP) is 1.82. The maximum absolute atomic E-state index is 9.52. The molecular weight excluding hydrogens is 202 g/mol. The van der Waals surface area contributed by atoms with Crippen LogP contribution in [0.1, 0.15) is 24.9 Å². The van der Waals surface area contributed by atoms with E-state index >= 15 is 0 Å². The van der Waals surface area contributed by atoms with E-state index in [0.717, 1.165) is 0 Å². The lowest BCUT2D eigenvalue weighted by atomic mass is 10.00. The summed E-state index contributed by atoms with van der Waals surface area (Å²) in [5, 5.41) is 19.5. The molecule has 0 spiro atoms. The molecule has 1 rings (SSSR count). The molecule has 0 saturated carbocycles. The quantitative estimate of drug-likeness (QED) is 0.721. The fourth-order valence-corrected chi connectivity index (χ4v) is 1.43. The molecule has 0 aliphatic carbocycles. The third kappa shape index (κ3) is 2.38. The number of aliphatic hydroxyl groups is 1. The normalized spacial score (nSPS) is 15.1. The van der Waals surface area contributed by atoms with Gasteiger partial charge < -0.3 is 15.9 Å². The number of halogens is 1. The van der Waals surface area contributed by atoms with Gasteiger partial charge in [-0.25, -0.2) is 0 Å². The number of nitrogens with two attached hydrogens (primary N) is 1. The van der Waals surface area contributed by atoms with E-state index in [-0.39, 0.29) is 5.75 Å². The van der Waals surface area contributed by atoms with Gasteiger partial charge in [0.15, 0.2) is 0 Å². The smallest absolute Gasteiger partial charge is 0.120 e. The van der Waals surface area contributed by atoms with Crippen molar-refractivity contribution in [1.82, 2.24) is 0 Å². The number of benzene rings is 1. The second-order valence-corrected chi connectivity index (χ2v) is 3.64. The highest BCUT2D eigenvalue weighted by atomic mass is 35.5. The fraction of sp³-hybridized carbons (Fsp3) is 0.400. The van der Waals surface area contributed by atoms with Crippen LogP contribution in [0.2, 0.25) is 5.02 Å². The van der Waals surface area contributed by atoms with Gasteiger partial charge in [-0.1, -0.05) is 18.5 Å². The number of aliphatic hydroxyl groups excluding tert-OH is 1. The molecule has 78 valence electrons. The molecule has 14 heavy (non-hydrogen) atoms. The third-order valence-corrected chi connectivity index (χ3v) is 2.42. The van der Waals surface area contributed by atoms with Gasteiger partial charge in [0.2, 0.25) is 0 Å². The maximum Gasteiger partial charge on any atom is 0.120 e. The van der Waals surface area contributed by atoms with Crippen molar-refractivity contribution in [2.24, 2.45) is 5.73 Å². The van der Waals surface area contributed by atoms with Gasteiger partial charge in [0, 0.05) is 10.6 Å². The molecule has 2 atom stereocenters. The molecule has 0 aromatic heterocycles. The molecule has 0 fully saturated rings. The highest BCUT2D eigenvalue weighted by molar-refractivity contribution is 6.30. The van der Waals surface area contributed by atoms with Gasteiger partial charge in [-0.2, -0.15) is 0 Å². The van der Waals surface area contributed by atoms with E-state index < -0.39 is 12.1 Å². The zero-order chi connectivity index (χ0) is 10.7. The number of hydrogen-bond acceptors (Lipinski definition) is 3. The van der Waals surface area contributed by atoms with Crippen molar-refractivity contribution < 1.29 is 10.2 Å². The lowest BCUT2D eigenvalue weighted by Gasteiger charge is -2.18. The molecule has 0 saturated heterocycles. The highest BCUT2D eigenvalue weighted by Gasteiger charge is 2.18. The minimum absolute atomic E-state index is 0.0643. The van der Waals surface area contributed by atoms with Crippen molar-refractivity contribution in [2.75, 3.05) is 0 Å². The SMILES string of the molecule is CC[C@H](O)[C@H](N)c1cc(Cl)ccc1O. The van der Waals surface area contributed by atoms with Gasteiger partial charge in [0.05, 0.1) is 12.1 Å². The Morgan fingerprint density at radius 2 is 2.14 bits per heavy atom. The molecule has 0 bridgehead atoms. The van der Waals surface area contributed by atoms with Gasteiger partial charge >= 0.3 is 0 Å². The van der Waals surface area contributed by atoms with Crippen LogP contribution in [0.5, 0.6) is 5.75 Å². The number of rotatable bonds is 3. The summed E-state index contributed by atoms with van der Waals surface area (Å²) in [4.78, 5) is 0. The first-order valence-corrected chi connectivity index (χ1v) is 4.86. The number of aromatic hydroxyl groups is 1. The van der Waals surface area contributed by atoms with Crippen molar-refractivity contribution in [1.29, 1.82) is 0 Å². The monoisotopic (exact) mass is 215 g/mol. The largest absolute Gasteiger partial charge is 0.508 e. The molecule has 1 aromatic carbocycles. The summed E-state index contributed by atoms with van der Waals surface area (Å²) in [6, 6.07) is 4.02. The van der Waals surface area contributed by atoms with Gasteiger partial charge in [-0.3, -0.25) is 0 Å². The maximum atomic E-state index is 9.52. The standard InChI is InChI=1S/C10H14ClNO2/c1-2-8(13)10(12)7-5-6(11)3-4-9(7)14/h3-5,8,10,13-14H,2,12H2,1H3/t8-,10+/m0/s1. The Bertz CT molecular complexity index is 317. The van der Waals surface area contributed by atoms with Crippen molar-refractivity contribution in [3.05, 3.63) is 28.8 Å². The van der Waals surface area contributed by atoms with Crippen LogP contribution in [-0.2, 0) is 0 Å². The van der Waals surface area contributed by atoms with Gasteiger partial charge in [0.25, 0.3) is 0 Å². The summed E-state index contributed by atoms with van der Waals surface area (Å²) in [7, 11) is 0. The molecule has 4 heteroatoms. The van der Waals surface area contributed by atoms with E-state index in [1.165, 1.54) is 6.07 Å². The average molecular weight is 216 g/mol. The summed E-state index contributed by atoms with van der Waals surface area (Å²) in [5.74, 6) is 0.0643. The Hall–Kier alpha value is -0.770.